The number of carbonyl (C=O) groups is 4. The van der Waals surface area contributed by atoms with Crippen LogP contribution in [0.3, 0.4) is 0 Å². The van der Waals surface area contributed by atoms with Gasteiger partial charge in [-0.05, 0) is 49.5 Å². The van der Waals surface area contributed by atoms with Gasteiger partial charge in [-0.25, -0.2) is 9.97 Å². The molecule has 2 fully saturated rings. The Bertz CT molecular complexity index is 1990. The van der Waals surface area contributed by atoms with Crippen molar-refractivity contribution in [2.75, 3.05) is 27.7 Å². The van der Waals surface area contributed by atoms with Crippen molar-refractivity contribution in [3.63, 3.8) is 0 Å². The van der Waals surface area contributed by atoms with Crippen molar-refractivity contribution in [3.05, 3.63) is 81.9 Å². The van der Waals surface area contributed by atoms with Gasteiger partial charge in [0, 0.05) is 39.3 Å². The molecule has 0 radical (unpaired) electrons. The Morgan fingerprint density at radius 3 is 1.39 bits per heavy atom. The first-order chi connectivity index (χ1) is 24.0. The van der Waals surface area contributed by atoms with Crippen LogP contribution >= 0.6 is 0 Å². The summed E-state index contributed by atoms with van der Waals surface area (Å²) in [6.45, 7) is 0.462. The molecule has 0 bridgehead atoms. The molecule has 4 aliphatic rings. The van der Waals surface area contributed by atoms with Crippen molar-refractivity contribution < 1.29 is 57.6 Å². The first kappa shape index (κ1) is 34.8. The largest absolute Gasteiger partial charge is 2.00 e. The van der Waals surface area contributed by atoms with E-state index in [0.29, 0.717) is 36.2 Å². The number of imide groups is 2. The molecule has 0 aliphatic carbocycles. The smallest absolute Gasteiger partial charge is 0.454 e. The summed E-state index contributed by atoms with van der Waals surface area (Å²) in [7, 11) is 6.25. The van der Waals surface area contributed by atoms with E-state index < -0.39 is 23.9 Å². The van der Waals surface area contributed by atoms with Crippen molar-refractivity contribution in [1.82, 2.24) is 28.9 Å². The molecule has 0 atom stereocenters. The van der Waals surface area contributed by atoms with E-state index in [-0.39, 0.29) is 44.7 Å². The number of imidazole rings is 2. The van der Waals surface area contributed by atoms with E-state index >= 15 is 0 Å². The number of ether oxygens (including phenoxy) is 4. The molecule has 4 aliphatic heterocycles. The van der Waals surface area contributed by atoms with E-state index in [2.05, 4.69) is 30.6 Å². The van der Waals surface area contributed by atoms with Gasteiger partial charge in [0.2, 0.25) is 37.5 Å². The van der Waals surface area contributed by atoms with E-state index in [9.17, 15) is 19.2 Å². The van der Waals surface area contributed by atoms with Crippen molar-refractivity contribution >= 4 is 47.4 Å². The number of amidine groups is 2. The van der Waals surface area contributed by atoms with Crippen LogP contribution in [0.1, 0.15) is 22.5 Å². The van der Waals surface area contributed by atoms with Gasteiger partial charge in [0.05, 0.1) is 23.1 Å². The number of aromatic nitrogens is 4. The fourth-order valence-electron chi connectivity index (χ4n) is 5.17. The van der Waals surface area contributed by atoms with Gasteiger partial charge in [-0.15, -0.1) is 0 Å². The number of amides is 6. The van der Waals surface area contributed by atoms with Crippen molar-refractivity contribution in [3.8, 4) is 23.0 Å². The summed E-state index contributed by atoms with van der Waals surface area (Å²) in [5, 5.41) is 7.25. The molecule has 51 heavy (non-hydrogen) atoms. The van der Waals surface area contributed by atoms with E-state index in [0.717, 1.165) is 43.8 Å². The zero-order valence-electron chi connectivity index (χ0n) is 27.9. The SMILES string of the molecule is CN1C(=O)[N-]C(=Nc2nc(Cc3ccc4c(c3)OCO4)cn2C)C1=O.CN1C(=O)[N-]C(=Nc2nc(Cc3ccc4c(c3)OCO4)cn2C)C1=O.[Zn+2]. The molecule has 6 amide bonds. The third-order valence-corrected chi connectivity index (χ3v) is 7.83. The van der Waals surface area contributed by atoms with Crippen molar-refractivity contribution in [1.29, 1.82) is 0 Å². The number of carbonyl (C=O) groups excluding carboxylic acids is 4. The molecule has 0 N–H and O–H groups in total. The maximum atomic E-state index is 11.9. The number of aryl methyl sites for hydroxylation is 2. The van der Waals surface area contributed by atoms with Crippen LogP contribution in [0.25, 0.3) is 10.6 Å². The number of aliphatic imine (C=N–C) groups is 2. The molecule has 8 rings (SSSR count). The Morgan fingerprint density at radius 1 is 0.627 bits per heavy atom. The molecule has 256 valence electrons. The molecular weight excluding hydrogens is 718 g/mol. The van der Waals surface area contributed by atoms with Crippen LogP contribution < -0.4 is 18.9 Å². The fourth-order valence-corrected chi connectivity index (χ4v) is 5.17. The van der Waals surface area contributed by atoms with Crippen LogP contribution in [-0.4, -0.2) is 92.1 Å². The monoisotopic (exact) mass is 744 g/mol. The summed E-state index contributed by atoms with van der Waals surface area (Å²) < 4.78 is 24.7. The van der Waals surface area contributed by atoms with Crippen molar-refractivity contribution in [2.45, 2.75) is 12.8 Å². The number of urea groups is 2. The summed E-state index contributed by atoms with van der Waals surface area (Å²) in [5.41, 5.74) is 3.56. The molecule has 0 unspecified atom stereocenters. The van der Waals surface area contributed by atoms with Crippen LogP contribution in [0.5, 0.6) is 23.0 Å². The normalized spacial score (nSPS) is 17.2. The van der Waals surface area contributed by atoms with Crippen LogP contribution in [0.15, 0.2) is 58.8 Å². The molecular formula is C32H28N10O8Zn. The van der Waals surface area contributed by atoms with Gasteiger partial charge in [-0.2, -0.15) is 0 Å². The van der Waals surface area contributed by atoms with Gasteiger partial charge in [0.25, 0.3) is 0 Å². The molecule has 4 aromatic rings. The van der Waals surface area contributed by atoms with Gasteiger partial charge < -0.3 is 58.5 Å². The summed E-state index contributed by atoms with van der Waals surface area (Å²) >= 11 is 0. The zero-order chi connectivity index (χ0) is 35.1. The average molecular weight is 746 g/mol. The molecule has 18 nitrogen and oxygen atoms in total. The molecule has 2 aromatic carbocycles. The first-order valence-electron chi connectivity index (χ1n) is 15.1. The molecule has 2 saturated heterocycles. The summed E-state index contributed by atoms with van der Waals surface area (Å²) in [6, 6.07) is 10.2. The molecule has 6 heterocycles. The van der Waals surface area contributed by atoms with Crippen LogP contribution in [0.2, 0.25) is 0 Å². The predicted molar refractivity (Wildman–Crippen MR) is 174 cm³/mol. The summed E-state index contributed by atoms with van der Waals surface area (Å²) in [4.78, 5) is 65.4. The van der Waals surface area contributed by atoms with Gasteiger partial charge in [-0.1, -0.05) is 12.1 Å². The molecule has 0 saturated carbocycles. The Kier molecular flexibility index (Phi) is 9.56. The Hall–Kier alpha value is -6.10. The standard InChI is InChI=1S/2C16H15N5O4.Zn/c2*1-20-7-10(5-9-3-4-11-12(6-9)25-8-24-11)17-15(20)18-13-14(22)21(2)16(23)19-13;/h2*3-4,6-7H,5,8H2,1-2H3,(H,17,18,19,23);/q;;+2/p-2. The Balaban J connectivity index is 0.000000172. The van der Waals surface area contributed by atoms with Gasteiger partial charge in [-0.3, -0.25) is 19.2 Å². The third-order valence-electron chi connectivity index (χ3n) is 7.83. The predicted octanol–water partition coefficient (Wildman–Crippen LogP) is 3.47. The maximum absolute atomic E-state index is 11.9. The minimum absolute atomic E-state index is 0. The Morgan fingerprint density at radius 2 is 1.02 bits per heavy atom. The second kappa shape index (κ2) is 14.0. The van der Waals surface area contributed by atoms with E-state index in [1.807, 2.05) is 48.8 Å². The fraction of sp³-hybridized carbons (Fsp3) is 0.250. The number of rotatable bonds is 6. The minimum atomic E-state index is -0.626. The van der Waals surface area contributed by atoms with Crippen LogP contribution in [-0.2, 0) is 56.0 Å². The number of likely N-dealkylation sites (N-methyl/N-ethyl adjacent to an activating group) is 2. The molecule has 2 aromatic heterocycles. The van der Waals surface area contributed by atoms with Gasteiger partial charge >= 0.3 is 19.5 Å². The molecule has 19 heteroatoms. The average Bonchev–Trinajstić information content (AvgIpc) is 3.95. The van der Waals surface area contributed by atoms with Crippen molar-refractivity contribution in [2.24, 2.45) is 24.1 Å². The molecule has 0 spiro atoms. The summed E-state index contributed by atoms with van der Waals surface area (Å²) in [5.74, 6) is 2.12. The second-order valence-corrected chi connectivity index (χ2v) is 11.4. The number of hydrogen-bond donors (Lipinski definition) is 0. The van der Waals surface area contributed by atoms with E-state index in [1.165, 1.54) is 14.1 Å². The van der Waals surface area contributed by atoms with E-state index in [1.54, 1.807) is 23.2 Å². The van der Waals surface area contributed by atoms with Crippen LogP contribution in [0.4, 0.5) is 21.5 Å². The maximum Gasteiger partial charge on any atom is 2.00 e. The van der Waals surface area contributed by atoms with Gasteiger partial charge in [0.1, 0.15) is 0 Å². The minimum Gasteiger partial charge on any atom is -0.454 e. The van der Waals surface area contributed by atoms with Crippen LogP contribution in [0, 0.1) is 0 Å². The second-order valence-electron chi connectivity index (χ2n) is 11.4. The topological polar surface area (TPSA) is 200 Å². The van der Waals surface area contributed by atoms with Gasteiger partial charge in [0.15, 0.2) is 34.9 Å². The first-order valence-corrected chi connectivity index (χ1v) is 15.1. The number of fused-ring (bicyclic) bond motifs is 2. The number of benzene rings is 2. The number of nitrogens with zero attached hydrogens (tertiary/aromatic N) is 10. The number of hydrogen-bond acceptors (Lipinski definition) is 12. The Labute approximate surface area is 302 Å². The van der Waals surface area contributed by atoms with E-state index in [4.69, 9.17) is 18.9 Å². The zero-order valence-corrected chi connectivity index (χ0v) is 30.9. The quantitative estimate of drug-likeness (QED) is 0.208. The summed E-state index contributed by atoms with van der Waals surface area (Å²) in [6.07, 6.45) is 4.77. The third kappa shape index (κ3) is 7.14.